The van der Waals surface area contributed by atoms with Crippen LogP contribution in [0.3, 0.4) is 0 Å². The molecule has 0 aromatic heterocycles. The fraction of sp³-hybridized carbons (Fsp3) is 0.712. The van der Waals surface area contributed by atoms with E-state index in [4.69, 9.17) is 9.05 Å². The van der Waals surface area contributed by atoms with E-state index in [0.717, 1.165) is 103 Å². The Kier molecular flexibility index (Phi) is 53.8. The highest BCUT2D eigenvalue weighted by Crippen LogP contribution is 2.43. The smallest absolute Gasteiger partial charge is 0.387 e. The summed E-state index contributed by atoms with van der Waals surface area (Å²) < 4.78 is 23.7. The van der Waals surface area contributed by atoms with Crippen LogP contribution in [0.15, 0.2) is 109 Å². The number of aliphatic hydroxyl groups excluding tert-OH is 1. The van der Waals surface area contributed by atoms with Gasteiger partial charge in [0.1, 0.15) is 13.2 Å². The van der Waals surface area contributed by atoms with Gasteiger partial charge in [0.25, 0.3) is 0 Å². The molecule has 0 fully saturated rings. The summed E-state index contributed by atoms with van der Waals surface area (Å²) in [6.07, 6.45) is 82.1. The zero-order chi connectivity index (χ0) is 54.9. The van der Waals surface area contributed by atoms with E-state index in [1.54, 1.807) is 6.08 Å². The van der Waals surface area contributed by atoms with Crippen molar-refractivity contribution in [1.29, 1.82) is 0 Å². The zero-order valence-electron chi connectivity index (χ0n) is 49.3. The fourth-order valence-electron chi connectivity index (χ4n) is 8.43. The molecular formula is C66H118N2O6P+. The highest BCUT2D eigenvalue weighted by molar-refractivity contribution is 7.47. The third-order valence-corrected chi connectivity index (χ3v) is 14.2. The molecule has 0 aliphatic carbocycles. The van der Waals surface area contributed by atoms with E-state index in [-0.39, 0.29) is 19.1 Å². The van der Waals surface area contributed by atoms with Crippen LogP contribution < -0.4 is 5.32 Å². The second kappa shape index (κ2) is 55.9. The van der Waals surface area contributed by atoms with E-state index in [0.29, 0.717) is 17.4 Å². The molecular weight excluding hydrogens is 948 g/mol. The Morgan fingerprint density at radius 3 is 1.23 bits per heavy atom. The highest BCUT2D eigenvalue weighted by Gasteiger charge is 2.27. The first-order chi connectivity index (χ1) is 36.5. The molecule has 9 heteroatoms. The first-order valence-corrected chi connectivity index (χ1v) is 32.3. The number of unbranched alkanes of at least 4 members (excludes halogenated alkanes) is 26. The summed E-state index contributed by atoms with van der Waals surface area (Å²) in [7, 11) is 1.52. The first-order valence-electron chi connectivity index (χ1n) is 30.8. The van der Waals surface area contributed by atoms with Crippen LogP contribution >= 0.6 is 7.82 Å². The number of phosphoric ester groups is 1. The number of nitrogens with zero attached hydrogens (tertiary/aromatic N) is 1. The van der Waals surface area contributed by atoms with Crippen LogP contribution in [-0.4, -0.2) is 73.4 Å². The number of nitrogens with one attached hydrogen (secondary N) is 1. The van der Waals surface area contributed by atoms with Gasteiger partial charge in [0.15, 0.2) is 0 Å². The van der Waals surface area contributed by atoms with E-state index in [2.05, 4.69) is 116 Å². The van der Waals surface area contributed by atoms with E-state index in [9.17, 15) is 19.4 Å². The molecule has 0 aromatic carbocycles. The number of carbonyl (C=O) groups excluding carboxylic acids is 1. The number of likely N-dealkylation sites (N-methyl/N-ethyl adjacent to an activating group) is 1. The molecule has 432 valence electrons. The maximum Gasteiger partial charge on any atom is 0.472 e. The van der Waals surface area contributed by atoms with Gasteiger partial charge in [0, 0.05) is 6.42 Å². The average Bonchev–Trinajstić information content (AvgIpc) is 3.37. The van der Waals surface area contributed by atoms with E-state index >= 15 is 0 Å². The van der Waals surface area contributed by atoms with Gasteiger partial charge >= 0.3 is 7.82 Å². The van der Waals surface area contributed by atoms with Crippen LogP contribution in [-0.2, 0) is 18.4 Å². The van der Waals surface area contributed by atoms with Crippen molar-refractivity contribution < 1.29 is 32.9 Å². The molecule has 0 radical (unpaired) electrons. The molecule has 1 amide bonds. The van der Waals surface area contributed by atoms with Crippen molar-refractivity contribution in [2.24, 2.45) is 0 Å². The molecule has 0 aliphatic rings. The van der Waals surface area contributed by atoms with Crippen LogP contribution in [0.1, 0.15) is 251 Å². The lowest BCUT2D eigenvalue weighted by atomic mass is 10.0. The lowest BCUT2D eigenvalue weighted by Crippen LogP contribution is -2.45. The van der Waals surface area contributed by atoms with Crippen LogP contribution in [0.5, 0.6) is 0 Å². The predicted octanol–water partition coefficient (Wildman–Crippen LogP) is 19.2. The number of aliphatic hydroxyl groups is 1. The Morgan fingerprint density at radius 1 is 0.467 bits per heavy atom. The Hall–Kier alpha value is -2.84. The van der Waals surface area contributed by atoms with Crippen molar-refractivity contribution in [2.45, 2.75) is 264 Å². The van der Waals surface area contributed by atoms with Crippen LogP contribution in [0.25, 0.3) is 0 Å². The van der Waals surface area contributed by atoms with Crippen molar-refractivity contribution in [3.63, 3.8) is 0 Å². The Labute approximate surface area is 463 Å². The van der Waals surface area contributed by atoms with Crippen LogP contribution in [0, 0.1) is 0 Å². The van der Waals surface area contributed by atoms with Gasteiger partial charge < -0.3 is 19.8 Å². The molecule has 3 unspecified atom stereocenters. The minimum absolute atomic E-state index is 0.0443. The molecule has 0 rings (SSSR count). The topological polar surface area (TPSA) is 105 Å². The van der Waals surface area contributed by atoms with E-state index in [1.807, 2.05) is 27.2 Å². The summed E-state index contributed by atoms with van der Waals surface area (Å²) in [5, 5.41) is 13.9. The van der Waals surface area contributed by atoms with Gasteiger partial charge in [-0.3, -0.25) is 13.8 Å². The summed E-state index contributed by atoms with van der Waals surface area (Å²) in [6.45, 7) is 4.67. The van der Waals surface area contributed by atoms with Crippen molar-refractivity contribution in [3.8, 4) is 0 Å². The quantitative estimate of drug-likeness (QED) is 0.0243. The lowest BCUT2D eigenvalue weighted by molar-refractivity contribution is -0.870. The molecule has 0 saturated heterocycles. The van der Waals surface area contributed by atoms with Gasteiger partial charge in [-0.05, 0) is 96.3 Å². The summed E-state index contributed by atoms with van der Waals surface area (Å²) in [4.78, 5) is 23.3. The number of hydrogen-bond acceptors (Lipinski definition) is 5. The number of quaternary nitrogens is 1. The fourth-order valence-corrected chi connectivity index (χ4v) is 9.17. The Balaban J connectivity index is 4.31. The SMILES string of the molecule is CC/C=C\C/C=C\C/C=C\C/C=C\C/C=C\C/C=C\CCCCCCCCC(=O)NC(COP(=O)(O)OCC[N+](C)(C)C)C(O)/C=C/CC/C=C/CC/C=C/CCCCCCCCCCCCCCCCCCCC. The molecule has 0 bridgehead atoms. The minimum Gasteiger partial charge on any atom is -0.387 e. The minimum atomic E-state index is -4.37. The number of hydrogen-bond donors (Lipinski definition) is 3. The number of amides is 1. The summed E-state index contributed by atoms with van der Waals surface area (Å²) in [5.41, 5.74) is 0. The van der Waals surface area contributed by atoms with Crippen molar-refractivity contribution in [1.82, 2.24) is 5.32 Å². The normalized spacial score (nSPS) is 14.6. The number of phosphoric acid groups is 1. The Morgan fingerprint density at radius 2 is 0.813 bits per heavy atom. The maximum absolute atomic E-state index is 13.0. The third-order valence-electron chi connectivity index (χ3n) is 13.2. The summed E-state index contributed by atoms with van der Waals surface area (Å²) >= 11 is 0. The monoisotopic (exact) mass is 1070 g/mol. The standard InChI is InChI=1S/C66H117N2O6P/c1-6-8-10-12-14-16-18-20-22-24-26-28-30-32-33-34-36-37-39-41-43-45-47-49-51-53-55-57-59-65(69)64(63-74-75(71,72)73-62-61-68(3,4)5)67-66(70)60-58-56-54-52-50-48-46-44-42-40-38-35-31-29-27-25-23-21-19-17-15-13-11-9-7-2/h9,11,15,17,21,23,27,29,35,38,41-44,49,51,57,59,64-65,69H,6-8,10,12-14,16,18-20,22,24-26,28,30-34,36-37,39-40,45-48,50,52-56,58,60-63H2,1-5H3,(H-,67,70,71,72)/p+1/b11-9-,17-15-,23-21-,29-27-,38-35-,43-41+,44-42-,51-49+,59-57+. The number of allylic oxidation sites excluding steroid dienone is 17. The molecule has 3 N–H and O–H groups in total. The zero-order valence-corrected chi connectivity index (χ0v) is 50.1. The van der Waals surface area contributed by atoms with Crippen LogP contribution in [0.2, 0.25) is 0 Å². The van der Waals surface area contributed by atoms with Gasteiger partial charge in [0.05, 0.1) is 39.9 Å². The molecule has 75 heavy (non-hydrogen) atoms. The predicted molar refractivity (Wildman–Crippen MR) is 327 cm³/mol. The molecule has 0 aliphatic heterocycles. The Bertz CT molecular complexity index is 1590. The van der Waals surface area contributed by atoms with Crippen molar-refractivity contribution >= 4 is 13.7 Å². The summed E-state index contributed by atoms with van der Waals surface area (Å²) in [5.74, 6) is -0.209. The van der Waals surface area contributed by atoms with Gasteiger partial charge in [0.2, 0.25) is 5.91 Å². The third kappa shape index (κ3) is 58.7. The molecule has 0 heterocycles. The number of rotatable bonds is 55. The van der Waals surface area contributed by atoms with E-state index in [1.165, 1.54) is 128 Å². The summed E-state index contributed by atoms with van der Waals surface area (Å²) in [6, 6.07) is -0.888. The maximum atomic E-state index is 13.0. The van der Waals surface area contributed by atoms with Crippen LogP contribution in [0.4, 0.5) is 0 Å². The molecule has 0 spiro atoms. The van der Waals surface area contributed by atoms with Gasteiger partial charge in [-0.2, -0.15) is 0 Å². The largest absolute Gasteiger partial charge is 0.472 e. The highest BCUT2D eigenvalue weighted by atomic mass is 31.2. The second-order valence-electron chi connectivity index (χ2n) is 21.7. The van der Waals surface area contributed by atoms with Crippen molar-refractivity contribution in [2.75, 3.05) is 40.9 Å². The van der Waals surface area contributed by atoms with Crippen molar-refractivity contribution in [3.05, 3.63) is 109 Å². The number of carbonyl (C=O) groups is 1. The van der Waals surface area contributed by atoms with E-state index < -0.39 is 20.0 Å². The molecule has 3 atom stereocenters. The van der Waals surface area contributed by atoms with Gasteiger partial charge in [-0.1, -0.05) is 258 Å². The average molecular weight is 1070 g/mol. The lowest BCUT2D eigenvalue weighted by Gasteiger charge is -2.25. The molecule has 0 saturated carbocycles. The molecule has 8 nitrogen and oxygen atoms in total. The molecule has 0 aromatic rings. The first kappa shape index (κ1) is 72.2. The van der Waals surface area contributed by atoms with Gasteiger partial charge in [-0.15, -0.1) is 0 Å². The second-order valence-corrected chi connectivity index (χ2v) is 23.1. The van der Waals surface area contributed by atoms with Gasteiger partial charge in [-0.25, -0.2) is 4.57 Å².